The molecular formula is C17H36N2O. The Bertz CT molecular complexity index is 247. The fraction of sp³-hybridized carbons (Fsp3) is 1.00. The molecule has 2 N–H and O–H groups in total. The zero-order chi connectivity index (χ0) is 14.8. The lowest BCUT2D eigenvalue weighted by Gasteiger charge is -2.48. The van der Waals surface area contributed by atoms with Crippen LogP contribution in [0.3, 0.4) is 0 Å². The lowest BCUT2D eigenvalue weighted by molar-refractivity contribution is 0.0112. The number of unbranched alkanes of at least 4 members (excludes halogenated alkanes) is 1. The van der Waals surface area contributed by atoms with Crippen molar-refractivity contribution in [3.63, 3.8) is 0 Å². The zero-order valence-corrected chi connectivity index (χ0v) is 14.0. The molecule has 20 heavy (non-hydrogen) atoms. The summed E-state index contributed by atoms with van der Waals surface area (Å²) >= 11 is 0. The van der Waals surface area contributed by atoms with Gasteiger partial charge in [0.25, 0.3) is 0 Å². The molecular weight excluding hydrogens is 248 g/mol. The van der Waals surface area contributed by atoms with Crippen molar-refractivity contribution >= 4 is 0 Å². The molecule has 0 amide bonds. The molecule has 1 aliphatic carbocycles. The first-order valence-corrected chi connectivity index (χ1v) is 8.71. The molecule has 120 valence electrons. The highest BCUT2D eigenvalue weighted by Crippen LogP contribution is 2.36. The molecule has 0 saturated heterocycles. The van der Waals surface area contributed by atoms with Crippen molar-refractivity contribution in [2.75, 3.05) is 32.8 Å². The monoisotopic (exact) mass is 284 g/mol. The lowest BCUT2D eigenvalue weighted by Crippen LogP contribution is -2.57. The number of nitrogens with zero attached hydrogens (tertiary/aromatic N) is 1. The van der Waals surface area contributed by atoms with Crippen molar-refractivity contribution in [3.05, 3.63) is 0 Å². The molecule has 2 unspecified atom stereocenters. The van der Waals surface area contributed by atoms with Crippen LogP contribution in [0.2, 0.25) is 0 Å². The topological polar surface area (TPSA) is 38.5 Å². The first-order valence-electron chi connectivity index (χ1n) is 8.71. The van der Waals surface area contributed by atoms with Gasteiger partial charge in [-0.25, -0.2) is 0 Å². The second-order valence-corrected chi connectivity index (χ2v) is 6.58. The summed E-state index contributed by atoms with van der Waals surface area (Å²) in [5.74, 6) is 0.813. The Morgan fingerprint density at radius 2 is 2.00 bits per heavy atom. The van der Waals surface area contributed by atoms with E-state index >= 15 is 0 Å². The Morgan fingerprint density at radius 1 is 1.20 bits per heavy atom. The Morgan fingerprint density at radius 3 is 2.60 bits per heavy atom. The van der Waals surface area contributed by atoms with E-state index in [1.165, 1.54) is 44.9 Å². The number of hydrogen-bond donors (Lipinski definition) is 1. The molecule has 3 heteroatoms. The maximum Gasteiger partial charge on any atom is 0.0593 e. The molecule has 1 aliphatic rings. The van der Waals surface area contributed by atoms with Crippen molar-refractivity contribution in [3.8, 4) is 0 Å². The van der Waals surface area contributed by atoms with Gasteiger partial charge in [-0.15, -0.1) is 0 Å². The first-order chi connectivity index (χ1) is 9.68. The average molecular weight is 284 g/mol. The van der Waals surface area contributed by atoms with Crippen LogP contribution in [0.1, 0.15) is 65.7 Å². The third kappa shape index (κ3) is 5.34. The summed E-state index contributed by atoms with van der Waals surface area (Å²) in [6.45, 7) is 11.6. The van der Waals surface area contributed by atoms with Crippen LogP contribution in [0, 0.1) is 5.92 Å². The summed E-state index contributed by atoms with van der Waals surface area (Å²) in [5, 5.41) is 0. The van der Waals surface area contributed by atoms with Crippen LogP contribution in [-0.2, 0) is 4.74 Å². The molecule has 0 aromatic carbocycles. The van der Waals surface area contributed by atoms with Gasteiger partial charge < -0.3 is 10.5 Å². The third-order valence-corrected chi connectivity index (χ3v) is 4.76. The van der Waals surface area contributed by atoms with Gasteiger partial charge >= 0.3 is 0 Å². The zero-order valence-electron chi connectivity index (χ0n) is 14.0. The molecule has 1 fully saturated rings. The molecule has 0 spiro atoms. The molecule has 0 aromatic rings. The van der Waals surface area contributed by atoms with E-state index in [9.17, 15) is 0 Å². The standard InChI is InChI=1S/C17H36N2O/c1-4-6-12-20-13-11-19(10-5-2)17(15-18)9-7-8-16(3)14-17/h16H,4-15,18H2,1-3H3. The van der Waals surface area contributed by atoms with Gasteiger partial charge in [0.2, 0.25) is 0 Å². The SMILES string of the molecule is CCCCOCCN(CCC)C1(CN)CCCC(C)C1. The average Bonchev–Trinajstić information content (AvgIpc) is 2.45. The lowest BCUT2D eigenvalue weighted by atomic mass is 9.75. The highest BCUT2D eigenvalue weighted by molar-refractivity contribution is 4.95. The minimum Gasteiger partial charge on any atom is -0.380 e. The fourth-order valence-corrected chi connectivity index (χ4v) is 3.61. The van der Waals surface area contributed by atoms with E-state index in [1.54, 1.807) is 0 Å². The molecule has 2 atom stereocenters. The van der Waals surface area contributed by atoms with E-state index in [2.05, 4.69) is 25.7 Å². The summed E-state index contributed by atoms with van der Waals surface area (Å²) in [6, 6.07) is 0. The summed E-state index contributed by atoms with van der Waals surface area (Å²) < 4.78 is 5.78. The van der Waals surface area contributed by atoms with Crippen molar-refractivity contribution in [1.82, 2.24) is 4.90 Å². The largest absolute Gasteiger partial charge is 0.380 e. The van der Waals surface area contributed by atoms with Crippen molar-refractivity contribution in [1.29, 1.82) is 0 Å². The van der Waals surface area contributed by atoms with E-state index in [1.807, 2.05) is 0 Å². The van der Waals surface area contributed by atoms with E-state index in [0.29, 0.717) is 0 Å². The summed E-state index contributed by atoms with van der Waals surface area (Å²) in [7, 11) is 0. The summed E-state index contributed by atoms with van der Waals surface area (Å²) in [6.07, 6.45) is 8.81. The quantitative estimate of drug-likeness (QED) is 0.625. The molecule has 1 saturated carbocycles. The first kappa shape index (κ1) is 17.9. The van der Waals surface area contributed by atoms with Gasteiger partial charge in [-0.2, -0.15) is 0 Å². The molecule has 0 radical (unpaired) electrons. The predicted molar refractivity (Wildman–Crippen MR) is 87.0 cm³/mol. The van der Waals surface area contributed by atoms with E-state index < -0.39 is 0 Å². The minimum absolute atomic E-state index is 0.238. The number of rotatable bonds is 10. The Kier molecular flexibility index (Phi) is 8.74. The predicted octanol–water partition coefficient (Wildman–Crippen LogP) is 3.42. The smallest absolute Gasteiger partial charge is 0.0593 e. The molecule has 0 bridgehead atoms. The van der Waals surface area contributed by atoms with Crippen LogP contribution in [0.5, 0.6) is 0 Å². The second kappa shape index (κ2) is 9.75. The Hall–Kier alpha value is -0.120. The maximum atomic E-state index is 6.20. The highest BCUT2D eigenvalue weighted by atomic mass is 16.5. The van der Waals surface area contributed by atoms with E-state index in [-0.39, 0.29) is 5.54 Å². The Balaban J connectivity index is 2.52. The van der Waals surface area contributed by atoms with Crippen LogP contribution in [0.4, 0.5) is 0 Å². The summed E-state index contributed by atoms with van der Waals surface area (Å²) in [5.41, 5.74) is 6.44. The van der Waals surface area contributed by atoms with Gasteiger partial charge in [-0.1, -0.05) is 40.0 Å². The third-order valence-electron chi connectivity index (χ3n) is 4.76. The minimum atomic E-state index is 0.238. The molecule has 0 aliphatic heterocycles. The number of nitrogens with two attached hydrogens (primary N) is 1. The van der Waals surface area contributed by atoms with Crippen molar-refractivity contribution < 1.29 is 4.74 Å². The number of hydrogen-bond acceptors (Lipinski definition) is 3. The molecule has 1 rings (SSSR count). The van der Waals surface area contributed by atoms with Gasteiger partial charge in [-0.05, 0) is 38.1 Å². The molecule has 0 heterocycles. The van der Waals surface area contributed by atoms with Crippen LogP contribution in [0.15, 0.2) is 0 Å². The normalized spacial score (nSPS) is 27.1. The maximum absolute atomic E-state index is 6.20. The van der Waals surface area contributed by atoms with Crippen LogP contribution >= 0.6 is 0 Å². The summed E-state index contributed by atoms with van der Waals surface area (Å²) in [4.78, 5) is 2.63. The molecule has 0 aromatic heterocycles. The van der Waals surface area contributed by atoms with Crippen LogP contribution < -0.4 is 5.73 Å². The highest BCUT2D eigenvalue weighted by Gasteiger charge is 2.38. The fourth-order valence-electron chi connectivity index (χ4n) is 3.61. The van der Waals surface area contributed by atoms with Gasteiger partial charge in [0, 0.05) is 25.2 Å². The van der Waals surface area contributed by atoms with E-state index in [4.69, 9.17) is 10.5 Å². The van der Waals surface area contributed by atoms with Crippen molar-refractivity contribution in [2.24, 2.45) is 11.7 Å². The Labute approximate surface area is 126 Å². The molecule has 3 nitrogen and oxygen atoms in total. The second-order valence-electron chi connectivity index (χ2n) is 6.58. The van der Waals surface area contributed by atoms with Gasteiger partial charge in [0.05, 0.1) is 6.61 Å². The van der Waals surface area contributed by atoms with Gasteiger partial charge in [0.15, 0.2) is 0 Å². The van der Waals surface area contributed by atoms with Crippen LogP contribution in [-0.4, -0.2) is 43.3 Å². The van der Waals surface area contributed by atoms with Gasteiger partial charge in [0.1, 0.15) is 0 Å². The van der Waals surface area contributed by atoms with Crippen LogP contribution in [0.25, 0.3) is 0 Å². The van der Waals surface area contributed by atoms with Crippen molar-refractivity contribution in [2.45, 2.75) is 71.3 Å². The van der Waals surface area contributed by atoms with E-state index in [0.717, 1.165) is 38.8 Å². The van der Waals surface area contributed by atoms with Gasteiger partial charge in [-0.3, -0.25) is 4.90 Å². The number of ether oxygens (including phenoxy) is 1.